The Morgan fingerprint density at radius 2 is 1.71 bits per heavy atom. The molecular weight excluding hydrogens is 512 g/mol. The van der Waals surface area contributed by atoms with Gasteiger partial charge in [0.1, 0.15) is 0 Å². The van der Waals surface area contributed by atoms with E-state index in [1.54, 1.807) is 18.9 Å². The van der Waals surface area contributed by atoms with Crippen LogP contribution >= 0.6 is 23.5 Å². The molecule has 2 aliphatic carbocycles. The predicted octanol–water partition coefficient (Wildman–Crippen LogP) is 6.69. The van der Waals surface area contributed by atoms with Gasteiger partial charge in [-0.1, -0.05) is 31.5 Å². The first kappa shape index (κ1) is 31.1. The second kappa shape index (κ2) is 16.7. The van der Waals surface area contributed by atoms with Gasteiger partial charge in [0.2, 0.25) is 0 Å². The van der Waals surface area contributed by atoms with E-state index < -0.39 is 0 Å². The standard InChI is InChI=1S/C24H33N2OS2.C5H5.Fe/c1-17(2)24(29-20-13-11-18(3)12-14-20)23(21-9-6-10-22(21)28-5)25-26-15-7-8-19(26)16-27-4;1-2-4-5-3-1;/h6,9-14,17,19,24H,7-8,15-16H2,1-5H3;1-5H;/q;;+2/b25-23+;;/t19-,24+;;/m0../s1. The molecule has 3 fully saturated rings. The summed E-state index contributed by atoms with van der Waals surface area (Å²) in [6, 6.07) is 9.23. The molecule has 10 radical (unpaired) electrons. The van der Waals surface area contributed by atoms with Gasteiger partial charge in [-0.25, -0.2) is 0 Å². The van der Waals surface area contributed by atoms with Crippen LogP contribution in [-0.4, -0.2) is 48.5 Å². The molecule has 2 saturated carbocycles. The molecule has 1 aliphatic heterocycles. The maximum atomic E-state index is 5.47. The summed E-state index contributed by atoms with van der Waals surface area (Å²) in [5.41, 5.74) is 2.49. The Morgan fingerprint density at radius 3 is 2.29 bits per heavy atom. The SMILES string of the molecule is COC[C@@H]1CCCN1/N=C(\[C]1[CH][CH][CH][C]1SC)[C@H](Sc1ccc(C)cc1)C(C)C.[CH]1[CH][CH][CH][CH]1.[Fe+2]. The van der Waals surface area contributed by atoms with Crippen LogP contribution in [0.1, 0.15) is 32.3 Å². The van der Waals surface area contributed by atoms with Crippen molar-refractivity contribution in [2.24, 2.45) is 11.0 Å². The molecule has 0 spiro atoms. The molecule has 2 atom stereocenters. The monoisotopic (exact) mass is 550 g/mol. The quantitative estimate of drug-likeness (QED) is 0.194. The van der Waals surface area contributed by atoms with Crippen LogP contribution in [0, 0.1) is 75.4 Å². The summed E-state index contributed by atoms with van der Waals surface area (Å²) >= 11 is 3.73. The molecule has 1 aromatic carbocycles. The zero-order chi connectivity index (χ0) is 24.3. The van der Waals surface area contributed by atoms with Gasteiger partial charge in [0.15, 0.2) is 0 Å². The number of ether oxygens (including phenoxy) is 1. The van der Waals surface area contributed by atoms with Gasteiger partial charge in [-0.15, -0.1) is 11.8 Å². The van der Waals surface area contributed by atoms with E-state index in [-0.39, 0.29) is 22.3 Å². The molecule has 3 nitrogen and oxygen atoms in total. The third kappa shape index (κ3) is 9.60. The Labute approximate surface area is 234 Å². The van der Waals surface area contributed by atoms with E-state index in [1.807, 2.05) is 43.9 Å². The Kier molecular flexibility index (Phi) is 14.8. The van der Waals surface area contributed by atoms with Crippen molar-refractivity contribution in [1.29, 1.82) is 0 Å². The van der Waals surface area contributed by atoms with Crippen LogP contribution in [0.2, 0.25) is 0 Å². The minimum Gasteiger partial charge on any atom is -0.382 e. The maximum Gasteiger partial charge on any atom is 2.00 e. The molecule has 0 amide bonds. The normalized spacial score (nSPS) is 22.3. The van der Waals surface area contributed by atoms with Crippen LogP contribution in [-0.2, 0) is 21.8 Å². The van der Waals surface area contributed by atoms with Gasteiger partial charge >= 0.3 is 17.1 Å². The van der Waals surface area contributed by atoms with Crippen molar-refractivity contribution in [3.63, 3.8) is 0 Å². The van der Waals surface area contributed by atoms with Gasteiger partial charge < -0.3 is 4.74 Å². The van der Waals surface area contributed by atoms with E-state index in [1.165, 1.54) is 33.8 Å². The number of nitrogens with zero attached hydrogens (tertiary/aromatic N) is 2. The van der Waals surface area contributed by atoms with E-state index in [2.05, 4.69) is 75.6 Å². The smallest absolute Gasteiger partial charge is 0.382 e. The molecule has 1 saturated heterocycles. The number of rotatable bonds is 9. The van der Waals surface area contributed by atoms with Gasteiger partial charge in [-0.3, -0.25) is 5.01 Å². The summed E-state index contributed by atoms with van der Waals surface area (Å²) in [5.74, 6) is 1.74. The van der Waals surface area contributed by atoms with E-state index >= 15 is 0 Å². The number of hydrazone groups is 1. The number of methoxy groups -OCH3 is 1. The Hall–Kier alpha value is -0.131. The van der Waals surface area contributed by atoms with E-state index in [4.69, 9.17) is 9.84 Å². The van der Waals surface area contributed by atoms with Crippen LogP contribution in [0.15, 0.2) is 34.3 Å². The molecule has 35 heavy (non-hydrogen) atoms. The molecule has 0 aromatic heterocycles. The fourth-order valence-electron chi connectivity index (χ4n) is 4.10. The van der Waals surface area contributed by atoms with Crippen LogP contribution < -0.4 is 0 Å². The fraction of sp³-hybridized carbons (Fsp3) is 0.414. The van der Waals surface area contributed by atoms with Gasteiger partial charge in [0, 0.05) is 29.7 Å². The van der Waals surface area contributed by atoms with Crippen molar-refractivity contribution in [2.75, 3.05) is 26.5 Å². The average molecular weight is 551 g/mol. The van der Waals surface area contributed by atoms with E-state index in [0.717, 1.165) is 19.6 Å². The van der Waals surface area contributed by atoms with Crippen LogP contribution in [0.5, 0.6) is 0 Å². The first-order chi connectivity index (χ1) is 16.5. The molecule has 3 aliphatic rings. The van der Waals surface area contributed by atoms with Gasteiger partial charge in [-0.2, -0.15) is 16.9 Å². The van der Waals surface area contributed by atoms with Crippen molar-refractivity contribution < 1.29 is 21.8 Å². The number of hydrogen-bond acceptors (Lipinski definition) is 5. The summed E-state index contributed by atoms with van der Waals surface area (Å²) in [5, 5.41) is 9.17. The van der Waals surface area contributed by atoms with Crippen LogP contribution in [0.25, 0.3) is 0 Å². The van der Waals surface area contributed by atoms with Crippen LogP contribution in [0.4, 0.5) is 0 Å². The average Bonchev–Trinajstić information content (AvgIpc) is 3.61. The Balaban J connectivity index is 0.000000640. The second-order valence-electron chi connectivity index (χ2n) is 8.97. The fourth-order valence-corrected chi connectivity index (χ4v) is 5.85. The number of hydrogen-bond donors (Lipinski definition) is 0. The summed E-state index contributed by atoms with van der Waals surface area (Å²) in [4.78, 5) is 1.30. The first-order valence-corrected chi connectivity index (χ1v) is 14.2. The molecule has 6 heteroatoms. The van der Waals surface area contributed by atoms with Crippen molar-refractivity contribution in [1.82, 2.24) is 5.01 Å². The number of benzene rings is 1. The topological polar surface area (TPSA) is 24.8 Å². The third-order valence-electron chi connectivity index (χ3n) is 5.93. The Morgan fingerprint density at radius 1 is 1.06 bits per heavy atom. The van der Waals surface area contributed by atoms with Gasteiger partial charge in [0.25, 0.3) is 0 Å². The summed E-state index contributed by atoms with van der Waals surface area (Å²) in [7, 11) is 1.79. The molecule has 0 unspecified atom stereocenters. The minimum atomic E-state index is 0. The van der Waals surface area contributed by atoms with E-state index in [9.17, 15) is 0 Å². The number of aryl methyl sites for hydroxylation is 1. The van der Waals surface area contributed by atoms with Crippen molar-refractivity contribution in [3.8, 4) is 0 Å². The number of thioether (sulfide) groups is 2. The third-order valence-corrected chi connectivity index (χ3v) is 8.29. The largest absolute Gasteiger partial charge is 2.00 e. The van der Waals surface area contributed by atoms with Gasteiger partial charge in [-0.05, 0) is 95.4 Å². The zero-order valence-electron chi connectivity index (χ0n) is 21.5. The molecule has 1 heterocycles. The molecular formula is C29H38FeN2OS2+2. The second-order valence-corrected chi connectivity index (χ2v) is 11.0. The van der Waals surface area contributed by atoms with Crippen molar-refractivity contribution in [3.05, 3.63) is 92.4 Å². The van der Waals surface area contributed by atoms with Gasteiger partial charge in [0.05, 0.1) is 23.6 Å². The molecule has 4 rings (SSSR count). The molecule has 0 bridgehead atoms. The van der Waals surface area contributed by atoms with Crippen LogP contribution in [0.3, 0.4) is 0 Å². The first-order valence-electron chi connectivity index (χ1n) is 12.1. The Bertz CT molecular complexity index is 731. The zero-order valence-corrected chi connectivity index (χ0v) is 24.2. The van der Waals surface area contributed by atoms with E-state index in [0.29, 0.717) is 12.0 Å². The summed E-state index contributed by atoms with van der Waals surface area (Å²) < 4.78 is 5.47. The summed E-state index contributed by atoms with van der Waals surface area (Å²) in [6.07, 6.45) is 21.1. The molecule has 188 valence electrons. The molecule has 1 aromatic rings. The predicted molar refractivity (Wildman–Crippen MR) is 149 cm³/mol. The van der Waals surface area contributed by atoms with Crippen molar-refractivity contribution in [2.45, 2.75) is 49.8 Å². The maximum absolute atomic E-state index is 5.47. The summed E-state index contributed by atoms with van der Waals surface area (Å²) in [6.45, 7) is 8.50. The molecule has 0 N–H and O–H groups in total. The van der Waals surface area contributed by atoms with Crippen molar-refractivity contribution >= 4 is 29.2 Å². The minimum absolute atomic E-state index is 0.